The highest BCUT2D eigenvalue weighted by molar-refractivity contribution is 6.25. The summed E-state index contributed by atoms with van der Waals surface area (Å²) in [5, 5.41) is 0. The molecule has 0 aliphatic heterocycles. The highest BCUT2D eigenvalue weighted by atomic mass is 35.5. The summed E-state index contributed by atoms with van der Waals surface area (Å²) < 4.78 is 28.4. The van der Waals surface area contributed by atoms with Gasteiger partial charge in [0, 0.05) is 11.5 Å². The van der Waals surface area contributed by atoms with Gasteiger partial charge in [0.2, 0.25) is 0 Å². The summed E-state index contributed by atoms with van der Waals surface area (Å²) in [7, 11) is 0. The standard InChI is InChI=1S/C25H31ClF2/c1-2-3-20-16-24(27)23(25(28)17-20)13-8-18-4-9-21(10-5-18)22-11-6-19(7-12-22)14-15-26/h14-19,21-22H,2-7,9-12H2,1H3/b15-14+. The molecule has 0 spiro atoms. The maximum absolute atomic E-state index is 14.2. The zero-order valence-corrected chi connectivity index (χ0v) is 17.6. The van der Waals surface area contributed by atoms with Crippen LogP contribution in [0.5, 0.6) is 0 Å². The molecule has 0 heterocycles. The Morgan fingerprint density at radius 2 is 1.54 bits per heavy atom. The van der Waals surface area contributed by atoms with Gasteiger partial charge in [0.05, 0.1) is 5.56 Å². The van der Waals surface area contributed by atoms with Gasteiger partial charge < -0.3 is 0 Å². The van der Waals surface area contributed by atoms with Crippen LogP contribution in [0, 0.1) is 47.1 Å². The van der Waals surface area contributed by atoms with Gasteiger partial charge in [-0.15, -0.1) is 0 Å². The van der Waals surface area contributed by atoms with Crippen LogP contribution < -0.4 is 0 Å². The van der Waals surface area contributed by atoms with E-state index in [1.165, 1.54) is 50.7 Å². The van der Waals surface area contributed by atoms with E-state index in [9.17, 15) is 8.78 Å². The predicted molar refractivity (Wildman–Crippen MR) is 113 cm³/mol. The molecule has 2 saturated carbocycles. The Hall–Kier alpha value is -1.33. The molecule has 0 bridgehead atoms. The van der Waals surface area contributed by atoms with Gasteiger partial charge in [-0.2, -0.15) is 0 Å². The van der Waals surface area contributed by atoms with E-state index in [2.05, 4.69) is 17.9 Å². The Balaban J connectivity index is 1.53. The number of halogens is 3. The third-order valence-corrected chi connectivity index (χ3v) is 6.79. The number of allylic oxidation sites excluding steroid dienone is 1. The first-order valence-electron chi connectivity index (χ1n) is 10.9. The van der Waals surface area contributed by atoms with Crippen molar-refractivity contribution in [2.75, 3.05) is 0 Å². The van der Waals surface area contributed by atoms with Crippen molar-refractivity contribution in [3.63, 3.8) is 0 Å². The molecule has 0 atom stereocenters. The number of benzene rings is 1. The summed E-state index contributed by atoms with van der Waals surface area (Å²) in [4.78, 5) is 0. The topological polar surface area (TPSA) is 0 Å². The molecule has 1 aromatic carbocycles. The summed E-state index contributed by atoms with van der Waals surface area (Å²) in [5.41, 5.74) is 2.31. The van der Waals surface area contributed by atoms with E-state index >= 15 is 0 Å². The van der Waals surface area contributed by atoms with E-state index in [0.29, 0.717) is 17.9 Å². The largest absolute Gasteiger partial charge is 0.206 e. The molecule has 2 aliphatic rings. The molecule has 0 amide bonds. The Morgan fingerprint density at radius 1 is 0.964 bits per heavy atom. The van der Waals surface area contributed by atoms with Gasteiger partial charge in [-0.05, 0) is 93.2 Å². The second-order valence-electron chi connectivity index (χ2n) is 8.56. The van der Waals surface area contributed by atoms with Crippen molar-refractivity contribution in [3.05, 3.63) is 46.5 Å². The second kappa shape index (κ2) is 10.4. The molecule has 0 saturated heterocycles. The van der Waals surface area contributed by atoms with E-state index in [1.807, 2.05) is 6.92 Å². The fraction of sp³-hybridized carbons (Fsp3) is 0.600. The smallest absolute Gasteiger partial charge is 0.142 e. The fourth-order valence-electron chi connectivity index (χ4n) is 5.00. The lowest BCUT2D eigenvalue weighted by atomic mass is 9.69. The molecule has 3 rings (SSSR count). The van der Waals surface area contributed by atoms with Crippen LogP contribution in [0.3, 0.4) is 0 Å². The predicted octanol–water partition coefficient (Wildman–Crippen LogP) is 7.63. The SMILES string of the molecule is CCCc1cc(F)c(C#CC2CCC(C3CCC(/C=C/Cl)CC3)CC2)c(F)c1. The number of rotatable bonds is 4. The molecule has 152 valence electrons. The van der Waals surface area contributed by atoms with Crippen LogP contribution in [-0.4, -0.2) is 0 Å². The fourth-order valence-corrected chi connectivity index (χ4v) is 5.20. The van der Waals surface area contributed by atoms with Crippen molar-refractivity contribution in [1.82, 2.24) is 0 Å². The number of hydrogen-bond acceptors (Lipinski definition) is 0. The molecule has 28 heavy (non-hydrogen) atoms. The van der Waals surface area contributed by atoms with E-state index in [0.717, 1.165) is 31.1 Å². The summed E-state index contributed by atoms with van der Waals surface area (Å²) >= 11 is 5.71. The summed E-state index contributed by atoms with van der Waals surface area (Å²) in [6.45, 7) is 2.00. The molecule has 0 nitrogen and oxygen atoms in total. The van der Waals surface area contributed by atoms with Crippen LogP contribution in [0.15, 0.2) is 23.7 Å². The van der Waals surface area contributed by atoms with Crippen molar-refractivity contribution >= 4 is 11.6 Å². The van der Waals surface area contributed by atoms with Crippen LogP contribution in [0.4, 0.5) is 8.78 Å². The quantitative estimate of drug-likeness (QED) is 0.452. The Labute approximate surface area is 173 Å². The lowest BCUT2D eigenvalue weighted by molar-refractivity contribution is 0.168. The molecule has 0 radical (unpaired) electrons. The summed E-state index contributed by atoms with van der Waals surface area (Å²) in [6.07, 6.45) is 13.3. The summed E-state index contributed by atoms with van der Waals surface area (Å²) in [5.74, 6) is 7.48. The first-order chi connectivity index (χ1) is 13.6. The van der Waals surface area contributed by atoms with E-state index in [4.69, 9.17) is 11.6 Å². The van der Waals surface area contributed by atoms with Crippen molar-refractivity contribution < 1.29 is 8.78 Å². The molecule has 2 aliphatic carbocycles. The molecule has 0 N–H and O–H groups in total. The molecular formula is C25H31ClF2. The minimum Gasteiger partial charge on any atom is -0.206 e. The van der Waals surface area contributed by atoms with Crippen LogP contribution in [0.1, 0.15) is 75.8 Å². The highest BCUT2D eigenvalue weighted by Crippen LogP contribution is 2.41. The molecule has 0 unspecified atom stereocenters. The van der Waals surface area contributed by atoms with Gasteiger partial charge in [-0.1, -0.05) is 42.9 Å². The zero-order chi connectivity index (χ0) is 19.9. The number of hydrogen-bond donors (Lipinski definition) is 0. The van der Waals surface area contributed by atoms with Gasteiger partial charge >= 0.3 is 0 Å². The van der Waals surface area contributed by atoms with E-state index in [1.54, 1.807) is 5.54 Å². The zero-order valence-electron chi connectivity index (χ0n) is 16.8. The second-order valence-corrected chi connectivity index (χ2v) is 8.81. The molecule has 1 aromatic rings. The normalized spacial score (nSPS) is 28.1. The average Bonchev–Trinajstić information content (AvgIpc) is 2.69. The van der Waals surface area contributed by atoms with Gasteiger partial charge in [0.25, 0.3) is 0 Å². The van der Waals surface area contributed by atoms with Crippen LogP contribution in [0.2, 0.25) is 0 Å². The molecule has 0 aromatic heterocycles. The van der Waals surface area contributed by atoms with E-state index < -0.39 is 11.6 Å². The molecular weight excluding hydrogens is 374 g/mol. The van der Waals surface area contributed by atoms with Crippen LogP contribution >= 0.6 is 11.6 Å². The lowest BCUT2D eigenvalue weighted by Crippen LogP contribution is -2.25. The van der Waals surface area contributed by atoms with Crippen molar-refractivity contribution in [2.24, 2.45) is 23.7 Å². The number of aryl methyl sites for hydroxylation is 1. The Bertz CT molecular complexity index is 704. The van der Waals surface area contributed by atoms with Gasteiger partial charge in [-0.3, -0.25) is 0 Å². The Kier molecular flexibility index (Phi) is 7.98. The average molecular weight is 405 g/mol. The third-order valence-electron chi connectivity index (χ3n) is 6.64. The maximum Gasteiger partial charge on any atom is 0.142 e. The summed E-state index contributed by atoms with van der Waals surface area (Å²) in [6, 6.07) is 2.87. The first-order valence-corrected chi connectivity index (χ1v) is 11.3. The monoisotopic (exact) mass is 404 g/mol. The van der Waals surface area contributed by atoms with E-state index in [-0.39, 0.29) is 11.5 Å². The third kappa shape index (κ3) is 5.60. The van der Waals surface area contributed by atoms with Crippen LogP contribution in [0.25, 0.3) is 0 Å². The van der Waals surface area contributed by atoms with Crippen molar-refractivity contribution in [1.29, 1.82) is 0 Å². The first kappa shape index (κ1) is 21.4. The van der Waals surface area contributed by atoms with Gasteiger partial charge in [-0.25, -0.2) is 8.78 Å². The van der Waals surface area contributed by atoms with Gasteiger partial charge in [0.1, 0.15) is 11.6 Å². The van der Waals surface area contributed by atoms with Crippen molar-refractivity contribution in [3.8, 4) is 11.8 Å². The molecule has 3 heteroatoms. The highest BCUT2D eigenvalue weighted by Gasteiger charge is 2.29. The van der Waals surface area contributed by atoms with Gasteiger partial charge in [0.15, 0.2) is 0 Å². The van der Waals surface area contributed by atoms with Crippen molar-refractivity contribution in [2.45, 2.75) is 71.1 Å². The Morgan fingerprint density at radius 3 is 2.07 bits per heavy atom. The maximum atomic E-state index is 14.2. The minimum atomic E-state index is -0.521. The van der Waals surface area contributed by atoms with Crippen LogP contribution in [-0.2, 0) is 6.42 Å². The minimum absolute atomic E-state index is 0.0624. The lowest BCUT2D eigenvalue weighted by Gasteiger charge is -2.36. The molecule has 2 fully saturated rings.